The molecule has 1 aliphatic rings. The van der Waals surface area contributed by atoms with Gasteiger partial charge < -0.3 is 14.2 Å². The first-order valence-electron chi connectivity index (χ1n) is 4.86. The summed E-state index contributed by atoms with van der Waals surface area (Å²) >= 11 is 1.65. The molecule has 1 rings (SSSR count). The maximum atomic E-state index is 11.4. The van der Waals surface area contributed by atoms with E-state index in [1.165, 1.54) is 6.92 Å². The van der Waals surface area contributed by atoms with Crippen molar-refractivity contribution in [2.45, 2.75) is 19.3 Å². The monoisotopic (exact) mass is 246 g/mol. The van der Waals surface area contributed by atoms with Crippen molar-refractivity contribution in [1.29, 1.82) is 0 Å². The molecule has 0 aromatic rings. The fourth-order valence-electron chi connectivity index (χ4n) is 1.03. The molecule has 0 spiro atoms. The Bertz CT molecular complexity index is 272. The summed E-state index contributed by atoms with van der Waals surface area (Å²) in [6.45, 7) is 5.24. The van der Waals surface area contributed by atoms with E-state index >= 15 is 0 Å². The van der Waals surface area contributed by atoms with Crippen LogP contribution in [0.2, 0.25) is 0 Å². The summed E-state index contributed by atoms with van der Waals surface area (Å²) in [5, 5.41) is 0. The first-order chi connectivity index (χ1) is 7.63. The van der Waals surface area contributed by atoms with Gasteiger partial charge in [-0.25, -0.2) is 9.59 Å². The van der Waals surface area contributed by atoms with Crippen molar-refractivity contribution in [3.8, 4) is 0 Å². The average molecular weight is 246 g/mol. The summed E-state index contributed by atoms with van der Waals surface area (Å²) in [6.07, 6.45) is -0.492. The van der Waals surface area contributed by atoms with Crippen molar-refractivity contribution < 1.29 is 23.8 Å². The second-order valence-electron chi connectivity index (χ2n) is 3.10. The number of hydrogen-bond acceptors (Lipinski definition) is 6. The maximum Gasteiger partial charge on any atom is 0.349 e. The normalized spacial score (nSPS) is 21.9. The zero-order valence-electron chi connectivity index (χ0n) is 9.01. The molecule has 0 bridgehead atoms. The van der Waals surface area contributed by atoms with E-state index in [9.17, 15) is 9.59 Å². The highest BCUT2D eigenvalue weighted by atomic mass is 32.2. The minimum absolute atomic E-state index is 0.545. The molecular weight excluding hydrogens is 232 g/mol. The lowest BCUT2D eigenvalue weighted by atomic mass is 10.4. The quantitative estimate of drug-likeness (QED) is 0.538. The van der Waals surface area contributed by atoms with Gasteiger partial charge in [0.25, 0.3) is 0 Å². The van der Waals surface area contributed by atoms with Crippen LogP contribution in [0.25, 0.3) is 0 Å². The van der Waals surface area contributed by atoms with E-state index in [4.69, 9.17) is 14.2 Å². The Kier molecular flexibility index (Phi) is 5.34. The van der Waals surface area contributed by atoms with Gasteiger partial charge >= 0.3 is 11.9 Å². The molecule has 2 atom stereocenters. The number of carbonyl (C=O) groups excluding carboxylic acids is 2. The highest BCUT2D eigenvalue weighted by Crippen LogP contribution is 2.14. The molecule has 0 aromatic carbocycles. The van der Waals surface area contributed by atoms with E-state index in [0.717, 1.165) is 11.8 Å². The Morgan fingerprint density at radius 2 is 2.38 bits per heavy atom. The van der Waals surface area contributed by atoms with E-state index in [2.05, 4.69) is 6.58 Å². The van der Waals surface area contributed by atoms with Crippen molar-refractivity contribution in [3.05, 3.63) is 12.7 Å². The smallest absolute Gasteiger partial charge is 0.349 e. The van der Waals surface area contributed by atoms with Crippen LogP contribution in [0.1, 0.15) is 6.92 Å². The molecular formula is C10H14O5S. The molecule has 0 aliphatic carbocycles. The summed E-state index contributed by atoms with van der Waals surface area (Å²) in [5.41, 5.74) is 0. The number of esters is 2. The van der Waals surface area contributed by atoms with Gasteiger partial charge in [-0.2, -0.15) is 11.8 Å². The molecule has 1 saturated heterocycles. The third kappa shape index (κ3) is 4.24. The topological polar surface area (TPSA) is 61.8 Å². The van der Waals surface area contributed by atoms with Gasteiger partial charge in [-0.15, -0.1) is 0 Å². The van der Waals surface area contributed by atoms with Crippen LogP contribution in [-0.4, -0.2) is 42.4 Å². The molecule has 1 aliphatic heterocycles. The van der Waals surface area contributed by atoms with Gasteiger partial charge in [-0.3, -0.25) is 0 Å². The largest absolute Gasteiger partial charge is 0.447 e. The molecule has 6 heteroatoms. The van der Waals surface area contributed by atoms with Crippen molar-refractivity contribution in [1.82, 2.24) is 0 Å². The molecule has 0 saturated carbocycles. The minimum atomic E-state index is -0.943. The van der Waals surface area contributed by atoms with E-state index in [1.54, 1.807) is 11.8 Å². The minimum Gasteiger partial charge on any atom is -0.447 e. The third-order valence-corrected chi connectivity index (χ3v) is 2.79. The fourth-order valence-corrected chi connectivity index (χ4v) is 1.77. The van der Waals surface area contributed by atoms with Crippen molar-refractivity contribution in [2.75, 3.05) is 18.1 Å². The Labute approximate surface area is 98.1 Å². The van der Waals surface area contributed by atoms with E-state index in [-0.39, 0.29) is 0 Å². The van der Waals surface area contributed by atoms with Crippen LogP contribution in [0.5, 0.6) is 0 Å². The lowest BCUT2D eigenvalue weighted by Gasteiger charge is -2.23. The zero-order chi connectivity index (χ0) is 12.0. The summed E-state index contributed by atoms with van der Waals surface area (Å²) < 4.78 is 14.9. The molecule has 1 fully saturated rings. The van der Waals surface area contributed by atoms with Gasteiger partial charge in [0.05, 0.1) is 12.4 Å². The SMILES string of the molecule is C=CC(=O)OC(C)C(=O)OC1CSCCO1. The van der Waals surface area contributed by atoms with Crippen molar-refractivity contribution >= 4 is 23.7 Å². The lowest BCUT2D eigenvalue weighted by Crippen LogP contribution is -2.34. The number of ether oxygens (including phenoxy) is 3. The Morgan fingerprint density at radius 3 is 2.94 bits per heavy atom. The van der Waals surface area contributed by atoms with Crippen LogP contribution >= 0.6 is 11.8 Å². The first kappa shape index (κ1) is 13.1. The van der Waals surface area contributed by atoms with Gasteiger partial charge in [0.2, 0.25) is 6.29 Å². The molecule has 5 nitrogen and oxygen atoms in total. The second-order valence-corrected chi connectivity index (χ2v) is 4.25. The molecule has 1 heterocycles. The summed E-state index contributed by atoms with van der Waals surface area (Å²) in [7, 11) is 0. The van der Waals surface area contributed by atoms with E-state index in [0.29, 0.717) is 12.4 Å². The van der Waals surface area contributed by atoms with E-state index < -0.39 is 24.3 Å². The highest BCUT2D eigenvalue weighted by Gasteiger charge is 2.24. The predicted molar refractivity (Wildman–Crippen MR) is 58.9 cm³/mol. The van der Waals surface area contributed by atoms with Crippen LogP contribution in [0.3, 0.4) is 0 Å². The van der Waals surface area contributed by atoms with Gasteiger partial charge in [0, 0.05) is 11.8 Å². The van der Waals surface area contributed by atoms with Gasteiger partial charge in [-0.1, -0.05) is 6.58 Å². The molecule has 0 radical (unpaired) electrons. The molecule has 0 amide bonds. The number of thioether (sulfide) groups is 1. The molecule has 90 valence electrons. The zero-order valence-corrected chi connectivity index (χ0v) is 9.83. The summed E-state index contributed by atoms with van der Waals surface area (Å²) in [4.78, 5) is 22.3. The highest BCUT2D eigenvalue weighted by molar-refractivity contribution is 7.99. The lowest BCUT2D eigenvalue weighted by molar-refractivity contribution is -0.186. The Balaban J connectivity index is 2.32. The Morgan fingerprint density at radius 1 is 1.62 bits per heavy atom. The number of carbonyl (C=O) groups is 2. The standard InChI is InChI=1S/C10H14O5S/c1-3-8(11)14-7(2)10(12)15-9-6-16-5-4-13-9/h3,7,9H,1,4-6H2,2H3. The molecule has 2 unspecified atom stereocenters. The second kappa shape index (κ2) is 6.55. The van der Waals surface area contributed by atoms with E-state index in [1.807, 2.05) is 0 Å². The molecule has 0 aromatic heterocycles. The summed E-state index contributed by atoms with van der Waals surface area (Å²) in [5.74, 6) is 0.245. The van der Waals surface area contributed by atoms with Gasteiger partial charge in [0.1, 0.15) is 0 Å². The van der Waals surface area contributed by atoms with Crippen LogP contribution in [0, 0.1) is 0 Å². The number of rotatable bonds is 4. The fraction of sp³-hybridized carbons (Fsp3) is 0.600. The first-order valence-corrected chi connectivity index (χ1v) is 6.02. The van der Waals surface area contributed by atoms with Crippen LogP contribution < -0.4 is 0 Å². The maximum absolute atomic E-state index is 11.4. The van der Waals surface area contributed by atoms with Gasteiger partial charge in [-0.05, 0) is 6.92 Å². The molecule has 16 heavy (non-hydrogen) atoms. The molecule has 0 N–H and O–H groups in total. The van der Waals surface area contributed by atoms with Crippen LogP contribution in [-0.2, 0) is 23.8 Å². The van der Waals surface area contributed by atoms with Crippen LogP contribution in [0.15, 0.2) is 12.7 Å². The third-order valence-electron chi connectivity index (χ3n) is 1.82. The van der Waals surface area contributed by atoms with Crippen molar-refractivity contribution in [2.24, 2.45) is 0 Å². The van der Waals surface area contributed by atoms with Crippen molar-refractivity contribution in [3.63, 3.8) is 0 Å². The number of hydrogen-bond donors (Lipinski definition) is 0. The summed E-state index contributed by atoms with van der Waals surface area (Å²) in [6, 6.07) is 0. The van der Waals surface area contributed by atoms with Gasteiger partial charge in [0.15, 0.2) is 6.10 Å². The predicted octanol–water partition coefficient (Wildman–Crippen LogP) is 0.737. The van der Waals surface area contributed by atoms with Crippen LogP contribution in [0.4, 0.5) is 0 Å². The Hall–Kier alpha value is -1.01. The average Bonchev–Trinajstić information content (AvgIpc) is 2.30.